The summed E-state index contributed by atoms with van der Waals surface area (Å²) in [6.45, 7) is 6.39. The number of hydrogen-bond acceptors (Lipinski definition) is 5. The zero-order valence-electron chi connectivity index (χ0n) is 11.8. The number of aromatic nitrogens is 1. The smallest absolute Gasteiger partial charge is 0.254 e. The van der Waals surface area contributed by atoms with Gasteiger partial charge in [0.15, 0.2) is 5.13 Å². The lowest BCUT2D eigenvalue weighted by Crippen LogP contribution is -2.28. The summed E-state index contributed by atoms with van der Waals surface area (Å²) in [5, 5.41) is 3.34. The number of ether oxygens (including phenoxy) is 1. The van der Waals surface area contributed by atoms with Crippen LogP contribution in [0, 0.1) is 5.92 Å². The van der Waals surface area contributed by atoms with Crippen molar-refractivity contribution in [3.63, 3.8) is 0 Å². The number of carbonyl (C=O) groups excluding carboxylic acids is 1. The fraction of sp³-hybridized carbons (Fsp3) is 0.429. The molecule has 20 heavy (non-hydrogen) atoms. The molecule has 1 amide bonds. The first-order valence-corrected chi connectivity index (χ1v) is 7.36. The third kappa shape index (κ3) is 3.68. The number of rotatable bonds is 5. The number of carbonyl (C=O) groups is 1. The Labute approximate surface area is 122 Å². The Morgan fingerprint density at radius 2 is 2.20 bits per heavy atom. The number of nitrogens with two attached hydrogens (primary N) is 1. The van der Waals surface area contributed by atoms with Gasteiger partial charge in [-0.1, -0.05) is 25.2 Å². The van der Waals surface area contributed by atoms with Crippen molar-refractivity contribution in [3.05, 3.63) is 18.2 Å². The Morgan fingerprint density at radius 3 is 2.90 bits per heavy atom. The van der Waals surface area contributed by atoms with Crippen molar-refractivity contribution < 1.29 is 9.53 Å². The van der Waals surface area contributed by atoms with Crippen LogP contribution in [0.2, 0.25) is 0 Å². The second-order valence-corrected chi connectivity index (χ2v) is 6.14. The quantitative estimate of drug-likeness (QED) is 0.831. The van der Waals surface area contributed by atoms with Crippen LogP contribution in [-0.2, 0) is 9.53 Å². The van der Waals surface area contributed by atoms with Gasteiger partial charge < -0.3 is 10.5 Å². The maximum absolute atomic E-state index is 12.0. The highest BCUT2D eigenvalue weighted by Crippen LogP contribution is 2.27. The van der Waals surface area contributed by atoms with Crippen molar-refractivity contribution in [1.82, 2.24) is 4.98 Å². The minimum Gasteiger partial charge on any atom is -0.399 e. The van der Waals surface area contributed by atoms with E-state index in [0.717, 1.165) is 10.2 Å². The van der Waals surface area contributed by atoms with E-state index in [2.05, 4.69) is 10.3 Å². The number of nitrogen functional groups attached to an aromatic ring is 1. The molecule has 0 spiro atoms. The lowest BCUT2D eigenvalue weighted by Gasteiger charge is -2.13. The summed E-state index contributed by atoms with van der Waals surface area (Å²) in [5.41, 5.74) is 7.24. The van der Waals surface area contributed by atoms with Gasteiger partial charge in [-0.2, -0.15) is 0 Å². The van der Waals surface area contributed by atoms with E-state index in [4.69, 9.17) is 10.5 Å². The molecule has 2 aromatic rings. The largest absolute Gasteiger partial charge is 0.399 e. The molecule has 0 aliphatic carbocycles. The summed E-state index contributed by atoms with van der Waals surface area (Å²) in [7, 11) is 0. The second-order valence-electron chi connectivity index (χ2n) is 5.10. The van der Waals surface area contributed by atoms with E-state index in [-0.39, 0.29) is 5.91 Å². The third-order valence-electron chi connectivity index (χ3n) is 2.69. The normalized spacial score (nSPS) is 12.8. The van der Waals surface area contributed by atoms with Crippen molar-refractivity contribution in [2.45, 2.75) is 26.9 Å². The third-order valence-corrected chi connectivity index (χ3v) is 3.63. The van der Waals surface area contributed by atoms with Crippen LogP contribution in [0.5, 0.6) is 0 Å². The van der Waals surface area contributed by atoms with Crippen molar-refractivity contribution >= 4 is 38.3 Å². The van der Waals surface area contributed by atoms with Crippen LogP contribution >= 0.6 is 11.3 Å². The van der Waals surface area contributed by atoms with E-state index in [1.165, 1.54) is 11.3 Å². The molecule has 1 heterocycles. The van der Waals surface area contributed by atoms with E-state index < -0.39 is 6.10 Å². The predicted octanol–water partition coefficient (Wildman–Crippen LogP) is 2.88. The monoisotopic (exact) mass is 293 g/mol. The maximum Gasteiger partial charge on any atom is 0.254 e. The van der Waals surface area contributed by atoms with Gasteiger partial charge in [0.25, 0.3) is 5.91 Å². The minimum absolute atomic E-state index is 0.183. The fourth-order valence-electron chi connectivity index (χ4n) is 1.61. The minimum atomic E-state index is -0.491. The highest BCUT2D eigenvalue weighted by Gasteiger charge is 2.16. The molecule has 1 aromatic heterocycles. The molecule has 2 rings (SSSR count). The van der Waals surface area contributed by atoms with Crippen LogP contribution < -0.4 is 11.1 Å². The van der Waals surface area contributed by atoms with E-state index in [9.17, 15) is 4.79 Å². The molecule has 0 saturated heterocycles. The van der Waals surface area contributed by atoms with Gasteiger partial charge in [0.1, 0.15) is 6.10 Å². The number of thiazole rings is 1. The summed E-state index contributed by atoms with van der Waals surface area (Å²) in [4.78, 5) is 16.3. The molecule has 0 fully saturated rings. The van der Waals surface area contributed by atoms with Crippen LogP contribution in [-0.4, -0.2) is 23.6 Å². The van der Waals surface area contributed by atoms with Crippen LogP contribution in [0.3, 0.4) is 0 Å². The highest BCUT2D eigenvalue weighted by molar-refractivity contribution is 7.22. The molecule has 0 bridgehead atoms. The number of nitrogens with one attached hydrogen (secondary N) is 1. The number of nitrogens with zero attached hydrogens (tertiary/aromatic N) is 1. The molecule has 5 nitrogen and oxygen atoms in total. The summed E-state index contributed by atoms with van der Waals surface area (Å²) in [6.07, 6.45) is -0.491. The van der Waals surface area contributed by atoms with Gasteiger partial charge >= 0.3 is 0 Å². The Morgan fingerprint density at radius 1 is 1.45 bits per heavy atom. The molecule has 108 valence electrons. The summed E-state index contributed by atoms with van der Waals surface area (Å²) in [6, 6.07) is 5.49. The van der Waals surface area contributed by atoms with Crippen LogP contribution in [0.15, 0.2) is 18.2 Å². The lowest BCUT2D eigenvalue weighted by atomic mass is 10.2. The van der Waals surface area contributed by atoms with Crippen molar-refractivity contribution in [2.24, 2.45) is 5.92 Å². The topological polar surface area (TPSA) is 77.2 Å². The van der Waals surface area contributed by atoms with Crippen molar-refractivity contribution in [1.29, 1.82) is 0 Å². The molecule has 0 aliphatic heterocycles. The summed E-state index contributed by atoms with van der Waals surface area (Å²) >= 11 is 1.40. The Kier molecular flexibility index (Phi) is 4.57. The van der Waals surface area contributed by atoms with E-state index in [1.807, 2.05) is 26.0 Å². The molecule has 1 atom stereocenters. The van der Waals surface area contributed by atoms with Crippen molar-refractivity contribution in [3.8, 4) is 0 Å². The summed E-state index contributed by atoms with van der Waals surface area (Å²) in [5.74, 6) is 0.216. The van der Waals surface area contributed by atoms with E-state index >= 15 is 0 Å². The number of amides is 1. The van der Waals surface area contributed by atoms with Gasteiger partial charge in [0.05, 0.1) is 10.2 Å². The van der Waals surface area contributed by atoms with Gasteiger partial charge in [0, 0.05) is 12.3 Å². The van der Waals surface area contributed by atoms with Gasteiger partial charge in [-0.15, -0.1) is 0 Å². The Balaban J connectivity index is 2.02. The zero-order valence-corrected chi connectivity index (χ0v) is 12.7. The number of anilines is 2. The van der Waals surface area contributed by atoms with Gasteiger partial charge in [0.2, 0.25) is 0 Å². The van der Waals surface area contributed by atoms with Gasteiger partial charge in [-0.25, -0.2) is 4.98 Å². The predicted molar refractivity (Wildman–Crippen MR) is 82.9 cm³/mol. The van der Waals surface area contributed by atoms with Crippen LogP contribution in [0.1, 0.15) is 20.8 Å². The molecular weight excluding hydrogens is 274 g/mol. The molecule has 0 radical (unpaired) electrons. The molecule has 1 aromatic carbocycles. The number of hydrogen-bond donors (Lipinski definition) is 2. The molecular formula is C14H19N3O2S. The molecule has 0 aliphatic rings. The lowest BCUT2D eigenvalue weighted by molar-refractivity contribution is -0.126. The van der Waals surface area contributed by atoms with Crippen LogP contribution in [0.25, 0.3) is 10.2 Å². The highest BCUT2D eigenvalue weighted by atomic mass is 32.1. The van der Waals surface area contributed by atoms with Crippen LogP contribution in [0.4, 0.5) is 10.8 Å². The Bertz CT molecular complexity index is 609. The summed E-state index contributed by atoms with van der Waals surface area (Å²) < 4.78 is 6.43. The Hall–Kier alpha value is -1.66. The average Bonchev–Trinajstić information content (AvgIpc) is 2.76. The fourth-order valence-corrected chi connectivity index (χ4v) is 2.53. The van der Waals surface area contributed by atoms with Gasteiger partial charge in [-0.3, -0.25) is 10.1 Å². The second kappa shape index (κ2) is 6.19. The van der Waals surface area contributed by atoms with E-state index in [0.29, 0.717) is 23.3 Å². The molecule has 0 saturated carbocycles. The molecule has 6 heteroatoms. The maximum atomic E-state index is 12.0. The first kappa shape index (κ1) is 14.7. The first-order chi connectivity index (χ1) is 9.45. The van der Waals surface area contributed by atoms with E-state index in [1.54, 1.807) is 13.0 Å². The van der Waals surface area contributed by atoms with Crippen molar-refractivity contribution in [2.75, 3.05) is 17.7 Å². The molecule has 1 unspecified atom stereocenters. The molecule has 3 N–H and O–H groups in total. The number of benzene rings is 1. The van der Waals surface area contributed by atoms with Gasteiger partial charge in [-0.05, 0) is 31.0 Å². The number of fused-ring (bicyclic) bond motifs is 1. The SMILES string of the molecule is CC(C)COC(C)C(=O)Nc1nc2ccc(N)cc2s1. The zero-order chi connectivity index (χ0) is 14.7. The average molecular weight is 293 g/mol. The first-order valence-electron chi connectivity index (χ1n) is 6.54. The standard InChI is InChI=1S/C14H19N3O2S/c1-8(2)7-19-9(3)13(18)17-14-16-11-5-4-10(15)6-12(11)20-14/h4-6,8-9H,7,15H2,1-3H3,(H,16,17,18).